The fourth-order valence-electron chi connectivity index (χ4n) is 2.32. The van der Waals surface area contributed by atoms with Crippen LogP contribution in [0.15, 0.2) is 24.3 Å². The van der Waals surface area contributed by atoms with Crippen molar-refractivity contribution in [1.82, 2.24) is 0 Å². The maximum Gasteiger partial charge on any atom is 0.173 e. The summed E-state index contributed by atoms with van der Waals surface area (Å²) in [5.74, 6) is 0.526. The van der Waals surface area contributed by atoms with E-state index >= 15 is 0 Å². The van der Waals surface area contributed by atoms with Gasteiger partial charge in [-0.05, 0) is 25.0 Å². The Labute approximate surface area is 114 Å². The quantitative estimate of drug-likeness (QED) is 0.670. The van der Waals surface area contributed by atoms with Gasteiger partial charge in [-0.3, -0.25) is 9.59 Å². The smallest absolute Gasteiger partial charge is 0.173 e. The van der Waals surface area contributed by atoms with Crippen molar-refractivity contribution in [2.45, 2.75) is 44.9 Å². The maximum atomic E-state index is 12.1. The predicted octanol–water partition coefficient (Wildman–Crippen LogP) is 3.56. The van der Waals surface area contributed by atoms with Crippen molar-refractivity contribution in [3.05, 3.63) is 29.8 Å². The van der Waals surface area contributed by atoms with Gasteiger partial charge < -0.3 is 4.74 Å². The molecule has 0 aromatic heterocycles. The van der Waals surface area contributed by atoms with Gasteiger partial charge in [0, 0.05) is 6.42 Å². The first-order chi connectivity index (χ1) is 9.27. The molecule has 0 fully saturated rings. The van der Waals surface area contributed by atoms with E-state index < -0.39 is 0 Å². The zero-order chi connectivity index (χ0) is 13.5. The van der Waals surface area contributed by atoms with Crippen LogP contribution in [0, 0.1) is 0 Å². The lowest BCUT2D eigenvalue weighted by molar-refractivity contribution is -0.118. The Morgan fingerprint density at radius 2 is 1.63 bits per heavy atom. The Balaban J connectivity index is 2.14. The van der Waals surface area contributed by atoms with Gasteiger partial charge in [0.25, 0.3) is 0 Å². The summed E-state index contributed by atoms with van der Waals surface area (Å²) in [5, 5.41) is 0. The number of ether oxygens (including phenoxy) is 1. The van der Waals surface area contributed by atoms with Crippen LogP contribution in [0.3, 0.4) is 0 Å². The van der Waals surface area contributed by atoms with Crippen molar-refractivity contribution in [1.29, 1.82) is 0 Å². The third-order valence-corrected chi connectivity index (χ3v) is 3.40. The van der Waals surface area contributed by atoms with Crippen LogP contribution in [0.2, 0.25) is 0 Å². The van der Waals surface area contributed by atoms with Crippen LogP contribution >= 0.6 is 0 Å². The van der Waals surface area contributed by atoms with Crippen molar-refractivity contribution in [2.75, 3.05) is 6.61 Å². The van der Waals surface area contributed by atoms with Gasteiger partial charge >= 0.3 is 0 Å². The topological polar surface area (TPSA) is 43.4 Å². The number of fused-ring (bicyclic) bond motifs is 1. The molecule has 19 heavy (non-hydrogen) atoms. The highest BCUT2D eigenvalue weighted by Gasteiger charge is 2.16. The Morgan fingerprint density at radius 3 is 2.53 bits per heavy atom. The lowest BCUT2D eigenvalue weighted by Crippen LogP contribution is -2.10. The Kier molecular flexibility index (Phi) is 5.13. The molecule has 0 radical (unpaired) electrons. The van der Waals surface area contributed by atoms with Crippen LogP contribution in [-0.2, 0) is 4.79 Å². The second-order valence-corrected chi connectivity index (χ2v) is 5.00. The fraction of sp³-hybridized carbons (Fsp3) is 0.500. The molecule has 0 saturated carbocycles. The zero-order valence-electron chi connectivity index (χ0n) is 11.2. The van der Waals surface area contributed by atoms with Crippen LogP contribution in [-0.4, -0.2) is 18.2 Å². The van der Waals surface area contributed by atoms with Crippen molar-refractivity contribution in [2.24, 2.45) is 0 Å². The lowest BCUT2D eigenvalue weighted by Gasteiger charge is -2.10. The minimum Gasteiger partial charge on any atom is -0.493 e. The average molecular weight is 260 g/mol. The number of carbonyl (C=O) groups excluding carboxylic acids is 2. The van der Waals surface area contributed by atoms with E-state index in [0.717, 1.165) is 32.1 Å². The monoisotopic (exact) mass is 260 g/mol. The third kappa shape index (κ3) is 4.19. The van der Waals surface area contributed by atoms with Gasteiger partial charge in [0.15, 0.2) is 5.78 Å². The van der Waals surface area contributed by atoms with Gasteiger partial charge in [0.1, 0.15) is 11.5 Å². The second-order valence-electron chi connectivity index (χ2n) is 5.00. The predicted molar refractivity (Wildman–Crippen MR) is 73.6 cm³/mol. The molecule has 1 aromatic carbocycles. The summed E-state index contributed by atoms with van der Waals surface area (Å²) >= 11 is 0. The van der Waals surface area contributed by atoms with Gasteiger partial charge in [0.2, 0.25) is 0 Å². The minimum atomic E-state index is -0.125. The van der Waals surface area contributed by atoms with E-state index in [1.165, 1.54) is 0 Å². The van der Waals surface area contributed by atoms with E-state index in [4.69, 9.17) is 4.74 Å². The van der Waals surface area contributed by atoms with Gasteiger partial charge in [-0.25, -0.2) is 0 Å². The van der Waals surface area contributed by atoms with Crippen LogP contribution in [0.1, 0.15) is 55.3 Å². The molecule has 0 amide bonds. The Morgan fingerprint density at radius 1 is 0.895 bits per heavy atom. The Hall–Kier alpha value is -1.64. The largest absolute Gasteiger partial charge is 0.493 e. The normalized spacial score (nSPS) is 18.5. The van der Waals surface area contributed by atoms with Crippen LogP contribution < -0.4 is 4.74 Å². The molecular weight excluding hydrogens is 240 g/mol. The van der Waals surface area contributed by atoms with Gasteiger partial charge in [-0.15, -0.1) is 0 Å². The summed E-state index contributed by atoms with van der Waals surface area (Å²) in [5.41, 5.74) is 0.537. The lowest BCUT2D eigenvalue weighted by atomic mass is 10.0. The molecule has 1 aliphatic heterocycles. The first-order valence-electron chi connectivity index (χ1n) is 7.04. The summed E-state index contributed by atoms with van der Waals surface area (Å²) in [6, 6.07) is 7.20. The number of para-hydroxylation sites is 1. The molecule has 1 aromatic rings. The van der Waals surface area contributed by atoms with Crippen LogP contribution in [0.4, 0.5) is 0 Å². The van der Waals surface area contributed by atoms with Crippen molar-refractivity contribution < 1.29 is 14.3 Å². The van der Waals surface area contributed by atoms with E-state index in [1.54, 1.807) is 12.1 Å². The fourth-order valence-corrected chi connectivity index (χ4v) is 2.32. The van der Waals surface area contributed by atoms with Gasteiger partial charge in [0.05, 0.1) is 18.6 Å². The molecule has 0 spiro atoms. The van der Waals surface area contributed by atoms with Crippen molar-refractivity contribution in [3.63, 3.8) is 0 Å². The first-order valence-corrected chi connectivity index (χ1v) is 7.04. The number of hydrogen-bond acceptors (Lipinski definition) is 3. The van der Waals surface area contributed by atoms with Crippen molar-refractivity contribution >= 4 is 11.6 Å². The number of benzene rings is 1. The molecular formula is C16H20O3. The van der Waals surface area contributed by atoms with Crippen LogP contribution in [0.5, 0.6) is 5.75 Å². The van der Waals surface area contributed by atoms with Crippen molar-refractivity contribution in [3.8, 4) is 5.75 Å². The number of hydrogen-bond donors (Lipinski definition) is 0. The highest BCUT2D eigenvalue weighted by atomic mass is 16.5. The molecule has 0 bridgehead atoms. The number of carbonyl (C=O) groups is 2. The number of Topliss-reactive ketones (excluding diaryl/α,β-unsaturated/α-hetero) is 2. The molecule has 0 aliphatic carbocycles. The molecule has 3 heteroatoms. The third-order valence-electron chi connectivity index (χ3n) is 3.40. The van der Waals surface area contributed by atoms with E-state index in [9.17, 15) is 9.59 Å². The molecule has 0 saturated heterocycles. The van der Waals surface area contributed by atoms with E-state index in [-0.39, 0.29) is 18.0 Å². The Bertz CT molecular complexity index is 451. The second kappa shape index (κ2) is 7.07. The number of rotatable bonds is 0. The first kappa shape index (κ1) is 13.8. The summed E-state index contributed by atoms with van der Waals surface area (Å²) in [4.78, 5) is 23.9. The molecule has 2 rings (SSSR count). The summed E-state index contributed by atoms with van der Waals surface area (Å²) in [6.45, 7) is 0.637. The highest BCUT2D eigenvalue weighted by molar-refractivity contribution is 6.09. The average Bonchev–Trinajstić information content (AvgIpc) is 2.42. The number of ketones is 2. The molecule has 1 heterocycles. The zero-order valence-corrected chi connectivity index (χ0v) is 11.2. The molecule has 0 N–H and O–H groups in total. The molecule has 102 valence electrons. The summed E-state index contributed by atoms with van der Waals surface area (Å²) in [6.07, 6.45) is 5.73. The van der Waals surface area contributed by atoms with Gasteiger partial charge in [-0.1, -0.05) is 31.4 Å². The summed E-state index contributed by atoms with van der Waals surface area (Å²) < 4.78 is 5.67. The van der Waals surface area contributed by atoms with Crippen LogP contribution in [0.25, 0.3) is 0 Å². The van der Waals surface area contributed by atoms with E-state index in [1.807, 2.05) is 12.1 Å². The summed E-state index contributed by atoms with van der Waals surface area (Å²) in [7, 11) is 0. The van der Waals surface area contributed by atoms with E-state index in [0.29, 0.717) is 24.3 Å². The minimum absolute atomic E-state index is 0.000370. The molecule has 0 unspecified atom stereocenters. The standard InChI is InChI=1S/C16H20O3/c17-13-8-4-2-1-3-7-11-19-16-10-6-5-9-14(16)15(18)12-13/h5-6,9-10H,1-4,7-8,11-12H2. The molecule has 3 nitrogen and oxygen atoms in total. The van der Waals surface area contributed by atoms with E-state index in [2.05, 4.69) is 0 Å². The van der Waals surface area contributed by atoms with Gasteiger partial charge in [-0.2, -0.15) is 0 Å². The molecule has 1 aliphatic rings. The molecule has 0 atom stereocenters. The highest BCUT2D eigenvalue weighted by Crippen LogP contribution is 2.21. The SMILES string of the molecule is O=C1CCCCCCCOc2ccccc2C(=O)C1. The maximum absolute atomic E-state index is 12.1.